The highest BCUT2D eigenvalue weighted by Crippen LogP contribution is 2.38. The number of hydrogen-bond acceptors (Lipinski definition) is 3. The minimum atomic E-state index is -0.753. The molecular formula is C15H20ClNO2S. The molecule has 1 saturated carbocycles. The number of carboxylic acid groups (broad SMARTS) is 1. The fourth-order valence-electron chi connectivity index (χ4n) is 2.80. The Morgan fingerprint density at radius 2 is 2.20 bits per heavy atom. The van der Waals surface area contributed by atoms with Crippen molar-refractivity contribution in [2.45, 2.75) is 48.3 Å². The summed E-state index contributed by atoms with van der Waals surface area (Å²) in [4.78, 5) is 12.8. The topological polar surface area (TPSA) is 49.3 Å². The van der Waals surface area contributed by atoms with E-state index in [0.29, 0.717) is 24.6 Å². The van der Waals surface area contributed by atoms with Gasteiger partial charge in [0.1, 0.15) is 5.54 Å². The van der Waals surface area contributed by atoms with Crippen LogP contribution in [-0.2, 0) is 4.79 Å². The molecular weight excluding hydrogens is 294 g/mol. The van der Waals surface area contributed by atoms with Crippen LogP contribution >= 0.6 is 23.4 Å². The number of nitrogens with one attached hydrogen (secondary N) is 1. The summed E-state index contributed by atoms with van der Waals surface area (Å²) in [5.74, 6) is -0.722. The molecule has 0 saturated heterocycles. The Morgan fingerprint density at radius 1 is 1.50 bits per heavy atom. The Bertz CT molecular complexity index is 461. The molecule has 1 fully saturated rings. The maximum absolute atomic E-state index is 11.6. The second kappa shape index (κ2) is 6.83. The van der Waals surface area contributed by atoms with Crippen LogP contribution in [0.4, 0.5) is 0 Å². The van der Waals surface area contributed by atoms with Crippen molar-refractivity contribution in [2.24, 2.45) is 0 Å². The summed E-state index contributed by atoms with van der Waals surface area (Å²) in [6.07, 6.45) is 3.40. The lowest BCUT2D eigenvalue weighted by atomic mass is 9.81. The van der Waals surface area contributed by atoms with Crippen molar-refractivity contribution < 1.29 is 9.90 Å². The number of carbonyl (C=O) groups is 1. The van der Waals surface area contributed by atoms with Crippen molar-refractivity contribution >= 4 is 29.3 Å². The summed E-state index contributed by atoms with van der Waals surface area (Å²) in [5.41, 5.74) is -0.753. The van der Waals surface area contributed by atoms with Crippen molar-refractivity contribution in [3.8, 4) is 0 Å². The van der Waals surface area contributed by atoms with Gasteiger partial charge in [-0.2, -0.15) is 0 Å². The van der Waals surface area contributed by atoms with Crippen LogP contribution in [0.1, 0.15) is 32.6 Å². The van der Waals surface area contributed by atoms with E-state index in [2.05, 4.69) is 5.32 Å². The van der Waals surface area contributed by atoms with Crippen molar-refractivity contribution in [1.29, 1.82) is 0 Å². The third-order valence-electron chi connectivity index (χ3n) is 3.75. The van der Waals surface area contributed by atoms with E-state index in [-0.39, 0.29) is 0 Å². The molecule has 110 valence electrons. The van der Waals surface area contributed by atoms with Crippen molar-refractivity contribution in [3.05, 3.63) is 29.3 Å². The van der Waals surface area contributed by atoms with Gasteiger partial charge in [-0.1, -0.05) is 18.5 Å². The van der Waals surface area contributed by atoms with Crippen molar-refractivity contribution in [2.75, 3.05) is 6.54 Å². The molecule has 0 bridgehead atoms. The van der Waals surface area contributed by atoms with Gasteiger partial charge >= 0.3 is 5.97 Å². The normalized spacial score (nSPS) is 26.4. The second-order valence-corrected chi connectivity index (χ2v) is 7.02. The van der Waals surface area contributed by atoms with E-state index in [4.69, 9.17) is 11.6 Å². The first kappa shape index (κ1) is 15.7. The van der Waals surface area contributed by atoms with Crippen LogP contribution in [0.15, 0.2) is 29.2 Å². The van der Waals surface area contributed by atoms with Gasteiger partial charge in [0, 0.05) is 15.2 Å². The van der Waals surface area contributed by atoms with Gasteiger partial charge in [-0.3, -0.25) is 4.79 Å². The van der Waals surface area contributed by atoms with E-state index in [1.165, 1.54) is 0 Å². The third kappa shape index (κ3) is 3.68. The maximum Gasteiger partial charge on any atom is 0.323 e. The number of benzene rings is 1. The summed E-state index contributed by atoms with van der Waals surface area (Å²) in [6, 6.07) is 7.75. The first-order chi connectivity index (χ1) is 9.55. The van der Waals surface area contributed by atoms with Crippen LogP contribution in [0.3, 0.4) is 0 Å². The SMILES string of the molecule is CCNC1(C(=O)O)CCCC(Sc2ccc(Cl)cc2)C1. The van der Waals surface area contributed by atoms with Gasteiger partial charge in [0.15, 0.2) is 0 Å². The lowest BCUT2D eigenvalue weighted by molar-refractivity contribution is -0.146. The minimum absolute atomic E-state index is 0.333. The van der Waals surface area contributed by atoms with E-state index in [1.54, 1.807) is 11.8 Å². The van der Waals surface area contributed by atoms with E-state index < -0.39 is 11.5 Å². The highest BCUT2D eigenvalue weighted by atomic mass is 35.5. The van der Waals surface area contributed by atoms with Crippen LogP contribution in [0, 0.1) is 0 Å². The zero-order valence-electron chi connectivity index (χ0n) is 11.6. The van der Waals surface area contributed by atoms with Crippen LogP contribution in [0.5, 0.6) is 0 Å². The highest BCUT2D eigenvalue weighted by Gasteiger charge is 2.42. The van der Waals surface area contributed by atoms with Gasteiger partial charge in [0.25, 0.3) is 0 Å². The summed E-state index contributed by atoms with van der Waals surface area (Å²) in [7, 11) is 0. The Hall–Kier alpha value is -0.710. The number of aliphatic carboxylic acids is 1. The first-order valence-electron chi connectivity index (χ1n) is 6.96. The van der Waals surface area contributed by atoms with Crippen molar-refractivity contribution in [3.63, 3.8) is 0 Å². The summed E-state index contributed by atoms with van der Waals surface area (Å²) >= 11 is 7.64. The summed E-state index contributed by atoms with van der Waals surface area (Å²) in [6.45, 7) is 2.64. The Balaban J connectivity index is 2.05. The van der Waals surface area contributed by atoms with Gasteiger partial charge in [0.2, 0.25) is 0 Å². The molecule has 0 heterocycles. The van der Waals surface area contributed by atoms with Crippen LogP contribution in [0.2, 0.25) is 5.02 Å². The molecule has 2 N–H and O–H groups in total. The molecule has 0 spiro atoms. The molecule has 0 radical (unpaired) electrons. The number of likely N-dealkylation sites (N-methyl/N-ethyl adjacent to an activating group) is 1. The lowest BCUT2D eigenvalue weighted by Gasteiger charge is -2.38. The Kier molecular flexibility index (Phi) is 5.35. The molecule has 3 nitrogen and oxygen atoms in total. The van der Waals surface area contributed by atoms with Crippen LogP contribution in [0.25, 0.3) is 0 Å². The highest BCUT2D eigenvalue weighted by molar-refractivity contribution is 8.00. The lowest BCUT2D eigenvalue weighted by Crippen LogP contribution is -2.55. The van der Waals surface area contributed by atoms with Gasteiger partial charge < -0.3 is 10.4 Å². The van der Waals surface area contributed by atoms with E-state index >= 15 is 0 Å². The van der Waals surface area contributed by atoms with Crippen molar-refractivity contribution in [1.82, 2.24) is 5.32 Å². The second-order valence-electron chi connectivity index (χ2n) is 5.21. The predicted molar refractivity (Wildman–Crippen MR) is 83.6 cm³/mol. The molecule has 0 amide bonds. The molecule has 0 aliphatic heterocycles. The number of rotatable bonds is 5. The minimum Gasteiger partial charge on any atom is -0.480 e. The Morgan fingerprint density at radius 3 is 2.80 bits per heavy atom. The van der Waals surface area contributed by atoms with Crippen LogP contribution in [-0.4, -0.2) is 28.4 Å². The number of halogens is 1. The molecule has 20 heavy (non-hydrogen) atoms. The summed E-state index contributed by atoms with van der Waals surface area (Å²) < 4.78 is 0. The van der Waals surface area contributed by atoms with Gasteiger partial charge in [-0.15, -0.1) is 11.8 Å². The molecule has 2 atom stereocenters. The fourth-order valence-corrected chi connectivity index (χ4v) is 4.26. The molecule has 5 heteroatoms. The first-order valence-corrected chi connectivity index (χ1v) is 8.22. The molecule has 1 aromatic carbocycles. The fraction of sp³-hybridized carbons (Fsp3) is 0.533. The third-order valence-corrected chi connectivity index (χ3v) is 5.28. The standard InChI is InChI=1S/C15H20ClNO2S/c1-2-17-15(14(18)19)9-3-4-13(10-15)20-12-7-5-11(16)6-8-12/h5-8,13,17H,2-4,9-10H2,1H3,(H,18,19). The van der Waals surface area contributed by atoms with Gasteiger partial charge in [0.05, 0.1) is 0 Å². The van der Waals surface area contributed by atoms with Crippen LogP contribution < -0.4 is 5.32 Å². The monoisotopic (exact) mass is 313 g/mol. The zero-order chi connectivity index (χ0) is 14.6. The molecule has 1 aliphatic carbocycles. The average Bonchev–Trinajstić information content (AvgIpc) is 2.42. The number of carboxylic acids is 1. The van der Waals surface area contributed by atoms with Gasteiger partial charge in [-0.05, 0) is 56.5 Å². The predicted octanol–water partition coefficient (Wildman–Crippen LogP) is 3.81. The zero-order valence-corrected chi connectivity index (χ0v) is 13.1. The number of hydrogen-bond donors (Lipinski definition) is 2. The van der Waals surface area contributed by atoms with E-state index in [0.717, 1.165) is 22.8 Å². The van der Waals surface area contributed by atoms with E-state index in [9.17, 15) is 9.90 Å². The Labute approximate surface area is 129 Å². The molecule has 1 aromatic rings. The molecule has 0 aromatic heterocycles. The largest absolute Gasteiger partial charge is 0.480 e. The maximum atomic E-state index is 11.6. The molecule has 2 unspecified atom stereocenters. The summed E-state index contributed by atoms with van der Waals surface area (Å²) in [5, 5.41) is 13.8. The number of thioether (sulfide) groups is 1. The molecule has 2 rings (SSSR count). The van der Waals surface area contributed by atoms with E-state index in [1.807, 2.05) is 31.2 Å². The van der Waals surface area contributed by atoms with Gasteiger partial charge in [-0.25, -0.2) is 0 Å². The quantitative estimate of drug-likeness (QED) is 0.868. The average molecular weight is 314 g/mol. The molecule has 1 aliphatic rings. The smallest absolute Gasteiger partial charge is 0.323 e.